The number of amides is 2. The summed E-state index contributed by atoms with van der Waals surface area (Å²) in [6.07, 6.45) is 3.78. The predicted octanol–water partition coefficient (Wildman–Crippen LogP) is 2.12. The van der Waals surface area contributed by atoms with Gasteiger partial charge in [0.1, 0.15) is 0 Å². The fourth-order valence-electron chi connectivity index (χ4n) is 3.88. The molecule has 0 saturated carbocycles. The fourth-order valence-corrected chi connectivity index (χ4v) is 3.88. The van der Waals surface area contributed by atoms with E-state index in [1.807, 2.05) is 12.1 Å². The molecule has 2 aliphatic rings. The van der Waals surface area contributed by atoms with Crippen LogP contribution in [-0.2, 0) is 4.79 Å². The summed E-state index contributed by atoms with van der Waals surface area (Å²) in [6, 6.07) is 7.40. The fraction of sp³-hybridized carbons (Fsp3) is 0.421. The number of fused-ring (bicyclic) bond motifs is 2. The molecule has 3 heterocycles. The van der Waals surface area contributed by atoms with Gasteiger partial charge in [0.05, 0.1) is 6.20 Å². The number of benzene rings is 1. The van der Waals surface area contributed by atoms with Crippen LogP contribution in [0, 0.1) is 5.92 Å². The molecule has 1 unspecified atom stereocenters. The Balaban J connectivity index is 1.44. The lowest BCUT2D eigenvalue weighted by molar-refractivity contribution is -0.114. The largest absolute Gasteiger partial charge is 0.432 e. The van der Waals surface area contributed by atoms with Crippen LogP contribution < -0.4 is 10.6 Å². The predicted molar refractivity (Wildman–Crippen MR) is 96.7 cm³/mol. The van der Waals surface area contributed by atoms with E-state index in [4.69, 9.17) is 4.42 Å². The van der Waals surface area contributed by atoms with Crippen LogP contribution >= 0.6 is 0 Å². The maximum absolute atomic E-state index is 12.5. The highest BCUT2D eigenvalue weighted by atomic mass is 16.4. The third kappa shape index (κ3) is 3.62. The Hall–Kier alpha value is -2.67. The van der Waals surface area contributed by atoms with E-state index >= 15 is 0 Å². The third-order valence-electron chi connectivity index (χ3n) is 4.97. The van der Waals surface area contributed by atoms with Gasteiger partial charge in [0.15, 0.2) is 5.76 Å². The average molecular weight is 354 g/mol. The van der Waals surface area contributed by atoms with Crippen LogP contribution in [0.1, 0.15) is 30.5 Å². The minimum atomic E-state index is -0.276. The molecule has 2 amide bonds. The first-order chi connectivity index (χ1) is 12.6. The number of hydrogen-bond acceptors (Lipinski definition) is 5. The van der Waals surface area contributed by atoms with Crippen LogP contribution in [0.2, 0.25) is 0 Å². The molecule has 1 aromatic heterocycles. The van der Waals surface area contributed by atoms with Crippen molar-refractivity contribution in [2.75, 3.05) is 25.0 Å². The van der Waals surface area contributed by atoms with Crippen molar-refractivity contribution in [1.82, 2.24) is 15.2 Å². The van der Waals surface area contributed by atoms with Gasteiger partial charge in [-0.05, 0) is 37.4 Å². The maximum Gasteiger partial charge on any atom is 0.307 e. The molecule has 0 radical (unpaired) electrons. The molecule has 3 atom stereocenters. The number of carbonyl (C=O) groups excluding carboxylic acids is 2. The first-order valence-electron chi connectivity index (χ1n) is 8.94. The molecule has 2 bridgehead atoms. The van der Waals surface area contributed by atoms with Crippen molar-refractivity contribution >= 4 is 17.5 Å². The van der Waals surface area contributed by atoms with Crippen molar-refractivity contribution in [2.24, 2.45) is 5.92 Å². The number of piperidine rings is 1. The Morgan fingerprint density at radius 2 is 2.19 bits per heavy atom. The minimum Gasteiger partial charge on any atom is -0.432 e. The minimum absolute atomic E-state index is 0.0675. The van der Waals surface area contributed by atoms with Gasteiger partial charge in [0.2, 0.25) is 5.91 Å². The van der Waals surface area contributed by atoms with E-state index in [-0.39, 0.29) is 23.7 Å². The van der Waals surface area contributed by atoms with Gasteiger partial charge in [0, 0.05) is 37.3 Å². The van der Waals surface area contributed by atoms with Crippen molar-refractivity contribution in [2.45, 2.75) is 25.8 Å². The van der Waals surface area contributed by atoms with E-state index in [1.54, 1.807) is 12.1 Å². The van der Waals surface area contributed by atoms with Gasteiger partial charge in [0.25, 0.3) is 5.89 Å². The van der Waals surface area contributed by atoms with Gasteiger partial charge in [-0.15, -0.1) is 0 Å². The van der Waals surface area contributed by atoms with E-state index in [2.05, 4.69) is 20.5 Å². The molecule has 0 aliphatic carbocycles. The number of carbonyl (C=O) groups is 2. The van der Waals surface area contributed by atoms with Crippen molar-refractivity contribution < 1.29 is 14.0 Å². The first kappa shape index (κ1) is 16.8. The molecular weight excluding hydrogens is 332 g/mol. The van der Waals surface area contributed by atoms with E-state index in [9.17, 15) is 9.59 Å². The Bertz CT molecular complexity index is 820. The Morgan fingerprint density at radius 1 is 1.31 bits per heavy atom. The summed E-state index contributed by atoms with van der Waals surface area (Å²) in [5, 5.41) is 5.77. The molecule has 2 fully saturated rings. The van der Waals surface area contributed by atoms with Gasteiger partial charge in [-0.3, -0.25) is 9.59 Å². The zero-order chi connectivity index (χ0) is 18.1. The van der Waals surface area contributed by atoms with Crippen LogP contribution in [0.4, 0.5) is 5.69 Å². The number of aromatic nitrogens is 1. The summed E-state index contributed by atoms with van der Waals surface area (Å²) in [5.74, 6) is 0.831. The topological polar surface area (TPSA) is 87.5 Å². The molecule has 4 rings (SSSR count). The standard InChI is InChI=1S/C19H22N4O3/c1-12(24)21-15-4-2-3-14(8-15)17-9-20-19(26-17)18(25)22-16-7-13-5-6-23(10-13)11-16/h2-4,8-9,13,16H,5-7,10-11H2,1H3,(H,21,24)(H,22,25)/t13-,16+/m0/s1. The number of hydrogen-bond donors (Lipinski definition) is 2. The molecule has 7 nitrogen and oxygen atoms in total. The van der Waals surface area contributed by atoms with E-state index in [1.165, 1.54) is 19.5 Å². The third-order valence-corrected chi connectivity index (χ3v) is 4.97. The molecule has 7 heteroatoms. The van der Waals surface area contributed by atoms with E-state index in [0.29, 0.717) is 17.4 Å². The lowest BCUT2D eigenvalue weighted by atomic mass is 9.97. The second-order valence-corrected chi connectivity index (χ2v) is 7.11. The van der Waals surface area contributed by atoms with Crippen LogP contribution in [0.3, 0.4) is 0 Å². The van der Waals surface area contributed by atoms with Crippen molar-refractivity contribution in [3.63, 3.8) is 0 Å². The SMILES string of the molecule is CC(=O)Nc1cccc(-c2cnc(C(=O)N[C@@H]3C[C@@H]4CCN(C4)C3)o2)c1. The Kier molecular flexibility index (Phi) is 4.46. The summed E-state index contributed by atoms with van der Waals surface area (Å²) in [5.41, 5.74) is 1.42. The summed E-state index contributed by atoms with van der Waals surface area (Å²) >= 11 is 0. The smallest absolute Gasteiger partial charge is 0.307 e. The summed E-state index contributed by atoms with van der Waals surface area (Å²) < 4.78 is 5.65. The Morgan fingerprint density at radius 3 is 3.00 bits per heavy atom. The van der Waals surface area contributed by atoms with Gasteiger partial charge < -0.3 is 20.0 Å². The lowest BCUT2D eigenvalue weighted by Gasteiger charge is -2.30. The molecular formula is C19H22N4O3. The Labute approximate surface area is 151 Å². The molecule has 26 heavy (non-hydrogen) atoms. The summed E-state index contributed by atoms with van der Waals surface area (Å²) in [6.45, 7) is 4.64. The van der Waals surface area contributed by atoms with Crippen LogP contribution in [0.5, 0.6) is 0 Å². The number of nitrogens with zero attached hydrogens (tertiary/aromatic N) is 2. The van der Waals surface area contributed by atoms with Crippen molar-refractivity contribution in [3.8, 4) is 11.3 Å². The van der Waals surface area contributed by atoms with Gasteiger partial charge in [-0.25, -0.2) is 4.98 Å². The highest BCUT2D eigenvalue weighted by molar-refractivity contribution is 5.91. The molecule has 1 aromatic carbocycles. The van der Waals surface area contributed by atoms with Crippen LogP contribution in [0.15, 0.2) is 34.9 Å². The first-order valence-corrected chi connectivity index (χ1v) is 8.94. The molecule has 2 aromatic rings. The second kappa shape index (κ2) is 6.92. The van der Waals surface area contributed by atoms with E-state index in [0.717, 1.165) is 31.6 Å². The molecule has 2 N–H and O–H groups in total. The summed E-state index contributed by atoms with van der Waals surface area (Å²) in [4.78, 5) is 30.2. The quantitative estimate of drug-likeness (QED) is 0.878. The molecule has 2 saturated heterocycles. The van der Waals surface area contributed by atoms with Gasteiger partial charge >= 0.3 is 5.91 Å². The second-order valence-electron chi connectivity index (χ2n) is 7.11. The zero-order valence-electron chi connectivity index (χ0n) is 14.7. The highest BCUT2D eigenvalue weighted by Gasteiger charge is 2.33. The molecule has 0 spiro atoms. The number of rotatable bonds is 4. The summed E-state index contributed by atoms with van der Waals surface area (Å²) in [7, 11) is 0. The highest BCUT2D eigenvalue weighted by Crippen LogP contribution is 2.27. The monoisotopic (exact) mass is 354 g/mol. The van der Waals surface area contributed by atoms with Gasteiger partial charge in [-0.1, -0.05) is 12.1 Å². The van der Waals surface area contributed by atoms with E-state index < -0.39 is 0 Å². The normalized spacial score (nSPS) is 24.3. The molecule has 2 aliphatic heterocycles. The van der Waals surface area contributed by atoms with Crippen LogP contribution in [0.25, 0.3) is 11.3 Å². The average Bonchev–Trinajstić information content (AvgIpc) is 3.21. The number of oxazole rings is 1. The van der Waals surface area contributed by atoms with Crippen molar-refractivity contribution in [1.29, 1.82) is 0 Å². The number of anilines is 1. The number of nitrogens with one attached hydrogen (secondary N) is 2. The zero-order valence-corrected chi connectivity index (χ0v) is 14.7. The lowest BCUT2D eigenvalue weighted by Crippen LogP contribution is -2.47. The maximum atomic E-state index is 12.5. The van der Waals surface area contributed by atoms with Crippen LogP contribution in [-0.4, -0.2) is 47.4 Å². The van der Waals surface area contributed by atoms with Gasteiger partial charge in [-0.2, -0.15) is 0 Å². The molecule has 136 valence electrons. The van der Waals surface area contributed by atoms with Crippen molar-refractivity contribution in [3.05, 3.63) is 36.4 Å².